The number of rotatable bonds is 8. The zero-order chi connectivity index (χ0) is 17.6. The van der Waals surface area contributed by atoms with Crippen LogP contribution in [0, 0.1) is 0 Å². The first-order chi connectivity index (χ1) is 11.3. The van der Waals surface area contributed by atoms with E-state index in [1.807, 2.05) is 11.9 Å². The Balaban J connectivity index is 1.77. The highest BCUT2D eigenvalue weighted by Gasteiger charge is 2.09. The standard InChI is InChI=1S/C16H18FNO5S/c1-18(10-11-22-15-8-4-14(19)5-9-15)12-13-2-6-16(7-3-13)23-24(17,20)21/h2-9,19H,10-12H2,1H3. The molecule has 0 atom stereocenters. The second-order valence-corrected chi connectivity index (χ2v) is 6.15. The van der Waals surface area contributed by atoms with Gasteiger partial charge in [0.15, 0.2) is 0 Å². The number of aromatic hydroxyl groups is 1. The maximum atomic E-state index is 12.4. The van der Waals surface area contributed by atoms with Crippen LogP contribution >= 0.6 is 0 Å². The highest BCUT2D eigenvalue weighted by molar-refractivity contribution is 7.81. The van der Waals surface area contributed by atoms with Crippen LogP contribution in [-0.2, 0) is 17.0 Å². The molecule has 0 radical (unpaired) electrons. The summed E-state index contributed by atoms with van der Waals surface area (Å²) in [7, 11) is -3.08. The predicted octanol–water partition coefficient (Wildman–Crippen LogP) is 2.50. The lowest BCUT2D eigenvalue weighted by atomic mass is 10.2. The number of phenolic OH excluding ortho intramolecular Hbond substituents is 1. The van der Waals surface area contributed by atoms with E-state index in [1.165, 1.54) is 12.1 Å². The number of phenols is 1. The van der Waals surface area contributed by atoms with Gasteiger partial charge < -0.3 is 14.0 Å². The largest absolute Gasteiger partial charge is 0.508 e. The molecule has 1 N–H and O–H groups in total. The van der Waals surface area contributed by atoms with Crippen LogP contribution in [0.1, 0.15) is 5.56 Å². The average molecular weight is 355 g/mol. The average Bonchev–Trinajstić information content (AvgIpc) is 2.50. The third-order valence-corrected chi connectivity index (χ3v) is 3.54. The third kappa shape index (κ3) is 6.43. The fourth-order valence-corrected chi connectivity index (χ4v) is 2.36. The quantitative estimate of drug-likeness (QED) is 0.733. The van der Waals surface area contributed by atoms with E-state index in [0.717, 1.165) is 5.56 Å². The second-order valence-electron chi connectivity index (χ2n) is 5.20. The summed E-state index contributed by atoms with van der Waals surface area (Å²) in [6.07, 6.45) is 0. The van der Waals surface area contributed by atoms with Crippen LogP contribution in [0.25, 0.3) is 0 Å². The van der Waals surface area contributed by atoms with Crippen LogP contribution in [0.3, 0.4) is 0 Å². The normalized spacial score (nSPS) is 11.5. The zero-order valence-corrected chi connectivity index (χ0v) is 13.9. The smallest absolute Gasteiger partial charge is 0.488 e. The minimum Gasteiger partial charge on any atom is -0.508 e. The number of likely N-dealkylation sites (N-methyl/N-ethyl adjacent to an activating group) is 1. The van der Waals surface area contributed by atoms with Gasteiger partial charge in [0.1, 0.15) is 23.9 Å². The van der Waals surface area contributed by atoms with Gasteiger partial charge in [-0.3, -0.25) is 4.90 Å². The fraction of sp³-hybridized carbons (Fsp3) is 0.250. The van der Waals surface area contributed by atoms with Crippen molar-refractivity contribution in [2.24, 2.45) is 0 Å². The number of hydrogen-bond donors (Lipinski definition) is 1. The van der Waals surface area contributed by atoms with E-state index in [0.29, 0.717) is 25.4 Å². The summed E-state index contributed by atoms with van der Waals surface area (Å²) >= 11 is 0. The minimum absolute atomic E-state index is 0.0698. The summed E-state index contributed by atoms with van der Waals surface area (Å²) in [6, 6.07) is 12.6. The lowest BCUT2D eigenvalue weighted by Crippen LogP contribution is -2.23. The van der Waals surface area contributed by atoms with Crippen LogP contribution in [0.5, 0.6) is 17.2 Å². The molecule has 0 fully saturated rings. The van der Waals surface area contributed by atoms with Crippen molar-refractivity contribution in [2.75, 3.05) is 20.2 Å². The molecule has 0 unspecified atom stereocenters. The molecule has 130 valence electrons. The van der Waals surface area contributed by atoms with Crippen molar-refractivity contribution in [3.05, 3.63) is 54.1 Å². The van der Waals surface area contributed by atoms with Gasteiger partial charge >= 0.3 is 10.5 Å². The molecule has 0 saturated heterocycles. The van der Waals surface area contributed by atoms with Crippen molar-refractivity contribution in [3.63, 3.8) is 0 Å². The van der Waals surface area contributed by atoms with Crippen LogP contribution < -0.4 is 8.92 Å². The maximum absolute atomic E-state index is 12.4. The van der Waals surface area contributed by atoms with Gasteiger partial charge in [-0.15, -0.1) is 0 Å². The van der Waals surface area contributed by atoms with Crippen molar-refractivity contribution in [1.29, 1.82) is 0 Å². The van der Waals surface area contributed by atoms with Gasteiger partial charge in [-0.05, 0) is 49.0 Å². The van der Waals surface area contributed by atoms with E-state index in [-0.39, 0.29) is 11.5 Å². The number of benzene rings is 2. The molecule has 0 heterocycles. The minimum atomic E-state index is -5.00. The molecule has 0 spiro atoms. The molecule has 0 aliphatic rings. The van der Waals surface area contributed by atoms with E-state index < -0.39 is 10.5 Å². The number of nitrogens with zero attached hydrogens (tertiary/aromatic N) is 1. The summed E-state index contributed by atoms with van der Waals surface area (Å²) in [5, 5.41) is 9.19. The summed E-state index contributed by atoms with van der Waals surface area (Å²) in [5.41, 5.74) is 0.922. The molecule has 2 aromatic rings. The van der Waals surface area contributed by atoms with E-state index in [2.05, 4.69) is 4.18 Å². The molecule has 0 saturated carbocycles. The van der Waals surface area contributed by atoms with E-state index in [4.69, 9.17) is 4.74 Å². The Kier molecular flexibility index (Phi) is 5.99. The van der Waals surface area contributed by atoms with Gasteiger partial charge in [0, 0.05) is 13.1 Å². The van der Waals surface area contributed by atoms with Crippen molar-refractivity contribution >= 4 is 10.5 Å². The summed E-state index contributed by atoms with van der Waals surface area (Å²) in [6.45, 7) is 1.75. The molecule has 2 aromatic carbocycles. The lowest BCUT2D eigenvalue weighted by Gasteiger charge is -2.17. The molecule has 0 amide bonds. The van der Waals surface area contributed by atoms with Gasteiger partial charge in [0.25, 0.3) is 0 Å². The number of halogens is 1. The Labute approximate surface area is 140 Å². The summed E-state index contributed by atoms with van der Waals surface area (Å²) in [4.78, 5) is 2.02. The van der Waals surface area contributed by atoms with E-state index >= 15 is 0 Å². The van der Waals surface area contributed by atoms with Crippen LogP contribution in [0.15, 0.2) is 48.5 Å². The zero-order valence-electron chi connectivity index (χ0n) is 13.1. The molecule has 0 bridgehead atoms. The molecule has 24 heavy (non-hydrogen) atoms. The van der Waals surface area contributed by atoms with Gasteiger partial charge in [-0.2, -0.15) is 8.42 Å². The van der Waals surface area contributed by atoms with Gasteiger partial charge in [0.05, 0.1) is 0 Å². The van der Waals surface area contributed by atoms with E-state index in [9.17, 15) is 17.4 Å². The molecule has 0 aromatic heterocycles. The first-order valence-electron chi connectivity index (χ1n) is 7.15. The Morgan fingerprint density at radius 1 is 1.04 bits per heavy atom. The van der Waals surface area contributed by atoms with Crippen LogP contribution in [-0.4, -0.2) is 38.6 Å². The SMILES string of the molecule is CN(CCOc1ccc(O)cc1)Cc1ccc(OS(=O)(=O)F)cc1. The third-order valence-electron chi connectivity index (χ3n) is 3.15. The molecule has 2 rings (SSSR count). The predicted molar refractivity (Wildman–Crippen MR) is 87.0 cm³/mol. The molecule has 0 aliphatic carbocycles. The Hall–Kier alpha value is -2.32. The van der Waals surface area contributed by atoms with E-state index in [1.54, 1.807) is 36.4 Å². The monoisotopic (exact) mass is 355 g/mol. The van der Waals surface area contributed by atoms with Gasteiger partial charge in [0.2, 0.25) is 0 Å². The second kappa shape index (κ2) is 7.98. The molecule has 0 aliphatic heterocycles. The Morgan fingerprint density at radius 3 is 2.21 bits per heavy atom. The van der Waals surface area contributed by atoms with Gasteiger partial charge in [-0.1, -0.05) is 16.0 Å². The highest BCUT2D eigenvalue weighted by Crippen LogP contribution is 2.17. The summed E-state index contributed by atoms with van der Waals surface area (Å²) < 4.78 is 42.9. The number of ether oxygens (including phenoxy) is 1. The molecule has 6 nitrogen and oxygen atoms in total. The van der Waals surface area contributed by atoms with Crippen molar-refractivity contribution in [2.45, 2.75) is 6.54 Å². The Bertz CT molecular complexity index is 747. The first-order valence-corrected chi connectivity index (χ1v) is 8.46. The highest BCUT2D eigenvalue weighted by atomic mass is 32.3. The van der Waals surface area contributed by atoms with Gasteiger partial charge in [-0.25, -0.2) is 0 Å². The number of hydrogen-bond acceptors (Lipinski definition) is 6. The Morgan fingerprint density at radius 2 is 1.62 bits per heavy atom. The summed E-state index contributed by atoms with van der Waals surface area (Å²) in [5.74, 6) is 0.794. The van der Waals surface area contributed by atoms with Crippen LogP contribution in [0.4, 0.5) is 3.89 Å². The topological polar surface area (TPSA) is 76.1 Å². The fourth-order valence-electron chi connectivity index (χ4n) is 2.02. The molecular weight excluding hydrogens is 337 g/mol. The first kappa shape index (κ1) is 18.0. The van der Waals surface area contributed by atoms with Crippen molar-refractivity contribution in [3.8, 4) is 17.2 Å². The van der Waals surface area contributed by atoms with Crippen molar-refractivity contribution < 1.29 is 26.3 Å². The van der Waals surface area contributed by atoms with Crippen LogP contribution in [0.2, 0.25) is 0 Å². The lowest BCUT2D eigenvalue weighted by molar-refractivity contribution is 0.232. The van der Waals surface area contributed by atoms with Crippen molar-refractivity contribution in [1.82, 2.24) is 4.90 Å². The molecule has 8 heteroatoms. The molecular formula is C16H18FNO5S. The maximum Gasteiger partial charge on any atom is 0.488 e.